The second kappa shape index (κ2) is 13.8. The summed E-state index contributed by atoms with van der Waals surface area (Å²) in [6.45, 7) is 2.69. The lowest BCUT2D eigenvalue weighted by Crippen LogP contribution is -2.38. The van der Waals surface area contributed by atoms with E-state index in [9.17, 15) is 19.1 Å². The maximum absolute atomic E-state index is 14.9. The van der Waals surface area contributed by atoms with Gasteiger partial charge in [-0.2, -0.15) is 0 Å². The van der Waals surface area contributed by atoms with E-state index in [1.54, 1.807) is 28.8 Å². The topological polar surface area (TPSA) is 68.5 Å². The molecule has 48 heavy (non-hydrogen) atoms. The largest absolute Gasteiger partial charge is 0.487 e. The molecule has 0 radical (unpaired) electrons. The third-order valence-electron chi connectivity index (χ3n) is 11.2. The second-order valence-electron chi connectivity index (χ2n) is 14.3. The molecular formula is C42H46FNO4. The number of ether oxygens (including phenoxy) is 1. The number of aromatic nitrogens is 1. The maximum atomic E-state index is 14.9. The molecule has 0 saturated heterocycles. The maximum Gasteiger partial charge on any atom is 0.258 e. The van der Waals surface area contributed by atoms with Crippen LogP contribution in [0.5, 0.6) is 5.75 Å². The third-order valence-corrected chi connectivity index (χ3v) is 11.2. The van der Waals surface area contributed by atoms with Gasteiger partial charge in [-0.15, -0.1) is 0 Å². The summed E-state index contributed by atoms with van der Waals surface area (Å²) < 4.78 is 23.2. The highest BCUT2D eigenvalue weighted by Crippen LogP contribution is 2.50. The van der Waals surface area contributed by atoms with Crippen LogP contribution in [0.25, 0.3) is 11.1 Å². The molecule has 1 aromatic heterocycles. The number of hydrogen-bond acceptors (Lipinski definition) is 4. The van der Waals surface area contributed by atoms with Crippen LogP contribution in [0.3, 0.4) is 0 Å². The molecule has 4 aromatic rings. The first-order valence-corrected chi connectivity index (χ1v) is 17.9. The van der Waals surface area contributed by atoms with E-state index in [0.29, 0.717) is 31.4 Å². The summed E-state index contributed by atoms with van der Waals surface area (Å²) in [7, 11) is 0. The fraction of sp³-hybridized carbons (Fsp3) is 0.429. The number of aliphatic hydroxyl groups excluding tert-OH is 1. The van der Waals surface area contributed by atoms with Crippen LogP contribution in [0.1, 0.15) is 103 Å². The van der Waals surface area contributed by atoms with Gasteiger partial charge in [0.05, 0.1) is 11.7 Å². The molecule has 3 aliphatic rings. The molecule has 0 unspecified atom stereocenters. The van der Waals surface area contributed by atoms with Crippen LogP contribution in [-0.2, 0) is 25.8 Å². The zero-order valence-corrected chi connectivity index (χ0v) is 27.9. The zero-order valence-electron chi connectivity index (χ0n) is 27.9. The zero-order chi connectivity index (χ0) is 33.3. The van der Waals surface area contributed by atoms with Crippen molar-refractivity contribution in [2.45, 2.75) is 108 Å². The van der Waals surface area contributed by atoms with Gasteiger partial charge in [-0.25, -0.2) is 4.39 Å². The number of benzene rings is 3. The fourth-order valence-electron chi connectivity index (χ4n) is 8.59. The van der Waals surface area contributed by atoms with E-state index in [-0.39, 0.29) is 46.3 Å². The van der Waals surface area contributed by atoms with Crippen molar-refractivity contribution in [3.05, 3.63) is 123 Å². The van der Waals surface area contributed by atoms with Crippen LogP contribution < -0.4 is 10.3 Å². The lowest BCUT2D eigenvalue weighted by Gasteiger charge is -2.41. The molecule has 3 heterocycles. The first kappa shape index (κ1) is 32.5. The van der Waals surface area contributed by atoms with Crippen LogP contribution in [0, 0.1) is 11.7 Å². The molecule has 250 valence electrons. The van der Waals surface area contributed by atoms with Gasteiger partial charge in [0.2, 0.25) is 0 Å². The van der Waals surface area contributed by atoms with Crippen molar-refractivity contribution in [3.63, 3.8) is 0 Å². The highest BCUT2D eigenvalue weighted by atomic mass is 19.1. The molecule has 3 aromatic carbocycles. The Labute approximate surface area is 282 Å². The minimum Gasteiger partial charge on any atom is -0.487 e. The molecular weight excluding hydrogens is 601 g/mol. The molecule has 3 atom stereocenters. The number of carbonyl (C=O) groups excluding carboxylic acids is 1. The molecule has 2 aliphatic heterocycles. The van der Waals surface area contributed by atoms with E-state index in [1.807, 2.05) is 30.3 Å². The van der Waals surface area contributed by atoms with E-state index in [1.165, 1.54) is 30.0 Å². The van der Waals surface area contributed by atoms with Crippen molar-refractivity contribution >= 4 is 5.78 Å². The number of pyridine rings is 1. The molecule has 1 spiro atoms. The minimum absolute atomic E-state index is 0.105. The first-order chi connectivity index (χ1) is 23.3. The number of hydrogen-bond donors (Lipinski definition) is 1. The SMILES string of the molecule is CCc1ccc2c(c1)[C@@H](CC[C@@H](O)[C@@H](CC(=O)c1cc(-c3ccccc3F)c(=O)n3c1CCC3)Cc1ccccc1)CC1(CCCC1)O2. The van der Waals surface area contributed by atoms with Crippen molar-refractivity contribution in [1.82, 2.24) is 4.57 Å². The summed E-state index contributed by atoms with van der Waals surface area (Å²) in [6, 6.07) is 24.5. The van der Waals surface area contributed by atoms with Gasteiger partial charge in [0.1, 0.15) is 17.2 Å². The summed E-state index contributed by atoms with van der Waals surface area (Å²) in [6.07, 6.45) is 9.26. The molecule has 1 aliphatic carbocycles. The Bertz CT molecular complexity index is 1840. The van der Waals surface area contributed by atoms with Gasteiger partial charge in [0.25, 0.3) is 5.56 Å². The van der Waals surface area contributed by atoms with Gasteiger partial charge in [0, 0.05) is 29.8 Å². The van der Waals surface area contributed by atoms with Crippen LogP contribution in [0.15, 0.2) is 83.7 Å². The Morgan fingerprint density at radius 1 is 0.979 bits per heavy atom. The monoisotopic (exact) mass is 647 g/mol. The van der Waals surface area contributed by atoms with Crippen LogP contribution in [0.4, 0.5) is 4.39 Å². The molecule has 0 amide bonds. The number of Topliss-reactive ketones (excluding diaryl/α,β-unsaturated/α-hetero) is 1. The molecule has 1 fully saturated rings. The Morgan fingerprint density at radius 3 is 2.52 bits per heavy atom. The quantitative estimate of drug-likeness (QED) is 0.166. The summed E-state index contributed by atoms with van der Waals surface area (Å²) >= 11 is 0. The van der Waals surface area contributed by atoms with Crippen LogP contribution in [0.2, 0.25) is 0 Å². The minimum atomic E-state index is -0.695. The van der Waals surface area contributed by atoms with Gasteiger partial charge in [-0.05, 0) is 117 Å². The average Bonchev–Trinajstić information content (AvgIpc) is 3.78. The van der Waals surface area contributed by atoms with Gasteiger partial charge in [-0.1, -0.05) is 67.6 Å². The third kappa shape index (κ3) is 6.52. The van der Waals surface area contributed by atoms with Gasteiger partial charge in [-0.3, -0.25) is 9.59 Å². The predicted molar refractivity (Wildman–Crippen MR) is 187 cm³/mol. The standard InChI is InChI=1S/C42H46FNO4/c1-2-28-16-19-40-33(24-28)30(27-42(48-40)20-8-9-21-42)17-18-38(45)31(23-29-11-4-3-5-12-29)25-39(46)35-26-34(32-13-6-7-14-36(32)43)41(47)44-22-10-15-37(35)44/h3-7,11-14,16,19,24,26,30-31,38,45H,2,8-10,15,17-18,20-23,25,27H2,1H3/t30-,31+,38+/m0/s1. The van der Waals surface area contributed by atoms with Crippen LogP contribution >= 0.6 is 0 Å². The number of halogens is 1. The van der Waals surface area contributed by atoms with Crippen molar-refractivity contribution in [2.24, 2.45) is 5.92 Å². The van der Waals surface area contributed by atoms with Gasteiger partial charge in [0.15, 0.2) is 5.78 Å². The van der Waals surface area contributed by atoms with E-state index >= 15 is 0 Å². The van der Waals surface area contributed by atoms with E-state index < -0.39 is 11.9 Å². The van der Waals surface area contributed by atoms with E-state index in [0.717, 1.165) is 55.5 Å². The van der Waals surface area contributed by atoms with Gasteiger partial charge >= 0.3 is 0 Å². The Kier molecular flexibility index (Phi) is 9.37. The summed E-state index contributed by atoms with van der Waals surface area (Å²) in [5, 5.41) is 11.9. The lowest BCUT2D eigenvalue weighted by molar-refractivity contribution is 0.0343. The second-order valence-corrected chi connectivity index (χ2v) is 14.3. The number of nitrogens with zero attached hydrogens (tertiary/aromatic N) is 1. The Morgan fingerprint density at radius 2 is 1.75 bits per heavy atom. The normalized spacial score (nSPS) is 19.0. The van der Waals surface area contributed by atoms with Crippen molar-refractivity contribution in [2.75, 3.05) is 0 Å². The number of ketones is 1. The summed E-state index contributed by atoms with van der Waals surface area (Å²) in [5.41, 5.74) is 4.88. The fourth-order valence-corrected chi connectivity index (χ4v) is 8.59. The predicted octanol–water partition coefficient (Wildman–Crippen LogP) is 8.61. The van der Waals surface area contributed by atoms with E-state index in [2.05, 4.69) is 25.1 Å². The highest BCUT2D eigenvalue weighted by Gasteiger charge is 2.43. The average molecular weight is 648 g/mol. The number of aliphatic hydroxyl groups is 1. The Balaban J connectivity index is 1.16. The number of fused-ring (bicyclic) bond motifs is 2. The number of aryl methyl sites for hydroxylation is 1. The Hall–Kier alpha value is -4.03. The molecule has 1 N–H and O–H groups in total. The van der Waals surface area contributed by atoms with E-state index in [4.69, 9.17) is 4.74 Å². The highest BCUT2D eigenvalue weighted by molar-refractivity contribution is 5.98. The molecule has 6 heteroatoms. The van der Waals surface area contributed by atoms with Gasteiger partial charge < -0.3 is 14.4 Å². The first-order valence-electron chi connectivity index (χ1n) is 17.9. The van der Waals surface area contributed by atoms with Crippen molar-refractivity contribution < 1.29 is 19.0 Å². The molecule has 1 saturated carbocycles. The molecule has 7 rings (SSSR count). The molecule has 5 nitrogen and oxygen atoms in total. The molecule has 0 bridgehead atoms. The smallest absolute Gasteiger partial charge is 0.258 e. The number of rotatable bonds is 11. The number of carbonyl (C=O) groups is 1. The summed E-state index contributed by atoms with van der Waals surface area (Å²) in [4.78, 5) is 27.7. The summed E-state index contributed by atoms with van der Waals surface area (Å²) in [5.74, 6) is 0.382. The van der Waals surface area contributed by atoms with Crippen molar-refractivity contribution in [3.8, 4) is 16.9 Å². The lowest BCUT2D eigenvalue weighted by atomic mass is 9.77. The van der Waals surface area contributed by atoms with Crippen LogP contribution in [-0.4, -0.2) is 27.2 Å². The van der Waals surface area contributed by atoms with Crippen molar-refractivity contribution in [1.29, 1.82) is 0 Å².